The molecular weight excluding hydrogens is 295 g/mol. The van der Waals surface area contributed by atoms with Gasteiger partial charge in [0.25, 0.3) is 0 Å². The number of aromatic nitrogens is 3. The second kappa shape index (κ2) is 6.21. The zero-order valence-electron chi connectivity index (χ0n) is 10.9. The van der Waals surface area contributed by atoms with E-state index < -0.39 is 23.2 Å². The number of nitrogens with zero attached hydrogens (tertiary/aromatic N) is 2. The third kappa shape index (κ3) is 3.38. The van der Waals surface area contributed by atoms with Gasteiger partial charge in [0.1, 0.15) is 5.25 Å². The summed E-state index contributed by atoms with van der Waals surface area (Å²) < 4.78 is 45.9. The molecular formula is C11H16F3N3O2S. The topological polar surface area (TPSA) is 59.9 Å². The molecule has 0 spiro atoms. The van der Waals surface area contributed by atoms with Crippen molar-refractivity contribution in [3.63, 3.8) is 0 Å². The van der Waals surface area contributed by atoms with Crippen LogP contribution >= 0.6 is 11.8 Å². The molecule has 2 rings (SSSR count). The largest absolute Gasteiger partial charge is 0.403 e. The van der Waals surface area contributed by atoms with Gasteiger partial charge in [-0.3, -0.25) is 4.57 Å². The van der Waals surface area contributed by atoms with Crippen molar-refractivity contribution in [3.05, 3.63) is 10.5 Å². The van der Waals surface area contributed by atoms with E-state index in [4.69, 9.17) is 4.74 Å². The molecule has 2 atom stereocenters. The molecule has 0 bridgehead atoms. The number of nitrogens with one attached hydrogen (secondary N) is 1. The van der Waals surface area contributed by atoms with Crippen LogP contribution in [0.1, 0.15) is 26.2 Å². The Morgan fingerprint density at radius 1 is 1.60 bits per heavy atom. The van der Waals surface area contributed by atoms with Crippen molar-refractivity contribution in [2.45, 2.75) is 55.4 Å². The van der Waals surface area contributed by atoms with Crippen LogP contribution in [0.25, 0.3) is 0 Å². The molecule has 0 unspecified atom stereocenters. The van der Waals surface area contributed by atoms with E-state index in [0.717, 1.165) is 0 Å². The minimum Gasteiger partial charge on any atom is -0.377 e. The van der Waals surface area contributed by atoms with Gasteiger partial charge in [0.15, 0.2) is 5.16 Å². The van der Waals surface area contributed by atoms with Crippen LogP contribution in [-0.4, -0.2) is 38.9 Å². The van der Waals surface area contributed by atoms with Crippen LogP contribution in [0.4, 0.5) is 13.2 Å². The normalized spacial score (nSPS) is 21.3. The Labute approximate surface area is 117 Å². The molecule has 0 aliphatic carbocycles. The van der Waals surface area contributed by atoms with Gasteiger partial charge in [-0.2, -0.15) is 13.2 Å². The first-order valence-electron chi connectivity index (χ1n) is 6.43. The van der Waals surface area contributed by atoms with Crippen LogP contribution in [0.5, 0.6) is 0 Å². The molecule has 2 heterocycles. The summed E-state index contributed by atoms with van der Waals surface area (Å²) in [5.41, 5.74) is -0.484. The van der Waals surface area contributed by atoms with Gasteiger partial charge in [-0.15, -0.1) is 5.10 Å². The molecule has 20 heavy (non-hydrogen) atoms. The van der Waals surface area contributed by atoms with E-state index in [1.54, 1.807) is 0 Å². The first-order valence-corrected chi connectivity index (χ1v) is 7.31. The third-order valence-electron chi connectivity index (χ3n) is 3.03. The summed E-state index contributed by atoms with van der Waals surface area (Å²) in [6.07, 6.45) is -3.63. The van der Waals surface area contributed by atoms with Crippen molar-refractivity contribution in [1.82, 2.24) is 14.8 Å². The van der Waals surface area contributed by atoms with Crippen molar-refractivity contribution in [1.29, 1.82) is 0 Å². The fourth-order valence-corrected chi connectivity index (χ4v) is 3.25. The number of thioether (sulfide) groups is 1. The lowest BCUT2D eigenvalue weighted by molar-refractivity contribution is -0.148. The molecule has 1 saturated heterocycles. The smallest absolute Gasteiger partial charge is 0.377 e. The maximum Gasteiger partial charge on any atom is 0.403 e. The zero-order chi connectivity index (χ0) is 14.8. The van der Waals surface area contributed by atoms with Crippen molar-refractivity contribution in [2.24, 2.45) is 0 Å². The molecule has 1 N–H and O–H groups in total. The summed E-state index contributed by atoms with van der Waals surface area (Å²) in [5.74, 6) is 0. The number of hydrogen-bond donors (Lipinski definition) is 1. The van der Waals surface area contributed by atoms with Gasteiger partial charge < -0.3 is 4.74 Å². The Kier molecular flexibility index (Phi) is 4.79. The maximum atomic E-state index is 13.2. The van der Waals surface area contributed by atoms with E-state index in [1.165, 1.54) is 4.57 Å². The first-order chi connectivity index (χ1) is 9.43. The SMILES string of the molecule is CCCn1c(S[C@@H]([C@@H]2CCCO2)C(F)(F)F)n[nH]c1=O. The Balaban J connectivity index is 2.21. The number of aromatic amines is 1. The molecule has 5 nitrogen and oxygen atoms in total. The van der Waals surface area contributed by atoms with E-state index in [0.29, 0.717) is 44.2 Å². The highest BCUT2D eigenvalue weighted by atomic mass is 32.2. The summed E-state index contributed by atoms with van der Waals surface area (Å²) >= 11 is 0.551. The number of H-pyrrole nitrogens is 1. The van der Waals surface area contributed by atoms with Crippen LogP contribution in [0, 0.1) is 0 Å². The van der Waals surface area contributed by atoms with Gasteiger partial charge in [-0.25, -0.2) is 9.89 Å². The molecule has 1 aromatic rings. The number of halogens is 3. The molecule has 0 aromatic carbocycles. The highest BCUT2D eigenvalue weighted by Crippen LogP contribution is 2.39. The maximum absolute atomic E-state index is 13.2. The van der Waals surface area contributed by atoms with Crippen LogP contribution in [0.15, 0.2) is 9.95 Å². The number of alkyl halides is 3. The van der Waals surface area contributed by atoms with Gasteiger partial charge in [0.05, 0.1) is 6.10 Å². The average Bonchev–Trinajstić information content (AvgIpc) is 2.98. The van der Waals surface area contributed by atoms with Crippen molar-refractivity contribution >= 4 is 11.8 Å². The summed E-state index contributed by atoms with van der Waals surface area (Å²) in [4.78, 5) is 11.5. The Hall–Kier alpha value is -0.960. The summed E-state index contributed by atoms with van der Waals surface area (Å²) in [7, 11) is 0. The molecule has 0 radical (unpaired) electrons. The molecule has 1 aliphatic heterocycles. The first kappa shape index (κ1) is 15.4. The Morgan fingerprint density at radius 3 is 2.90 bits per heavy atom. The van der Waals surface area contributed by atoms with Crippen molar-refractivity contribution in [3.8, 4) is 0 Å². The monoisotopic (exact) mass is 311 g/mol. The van der Waals surface area contributed by atoms with Gasteiger partial charge in [0, 0.05) is 13.2 Å². The molecule has 9 heteroatoms. The minimum atomic E-state index is -4.40. The van der Waals surface area contributed by atoms with Crippen LogP contribution < -0.4 is 5.69 Å². The predicted octanol–water partition coefficient (Wildman–Crippen LogP) is 2.18. The molecule has 114 valence electrons. The summed E-state index contributed by atoms with van der Waals surface area (Å²) in [6.45, 7) is 2.53. The lowest BCUT2D eigenvalue weighted by atomic mass is 10.2. The second-order valence-electron chi connectivity index (χ2n) is 4.59. The predicted molar refractivity (Wildman–Crippen MR) is 67.8 cm³/mol. The number of hydrogen-bond acceptors (Lipinski definition) is 4. The molecule has 1 aromatic heterocycles. The third-order valence-corrected chi connectivity index (χ3v) is 4.38. The highest BCUT2D eigenvalue weighted by molar-refractivity contribution is 7.99. The Bertz CT molecular complexity index is 494. The number of ether oxygens (including phenoxy) is 1. The van der Waals surface area contributed by atoms with E-state index in [1.807, 2.05) is 6.92 Å². The Morgan fingerprint density at radius 2 is 2.35 bits per heavy atom. The van der Waals surface area contributed by atoms with Crippen molar-refractivity contribution in [2.75, 3.05) is 6.61 Å². The van der Waals surface area contributed by atoms with Gasteiger partial charge in [0.2, 0.25) is 0 Å². The molecule has 0 saturated carbocycles. The fourth-order valence-electron chi connectivity index (χ4n) is 2.12. The van der Waals surface area contributed by atoms with Crippen molar-refractivity contribution < 1.29 is 17.9 Å². The quantitative estimate of drug-likeness (QED) is 0.847. The van der Waals surface area contributed by atoms with E-state index >= 15 is 0 Å². The number of rotatable bonds is 5. The van der Waals surface area contributed by atoms with Gasteiger partial charge >= 0.3 is 11.9 Å². The lowest BCUT2D eigenvalue weighted by Gasteiger charge is -2.24. The van der Waals surface area contributed by atoms with Crippen LogP contribution in [-0.2, 0) is 11.3 Å². The molecule has 0 amide bonds. The molecule has 1 aliphatic rings. The van der Waals surface area contributed by atoms with E-state index in [2.05, 4.69) is 10.2 Å². The molecule has 1 fully saturated rings. The second-order valence-corrected chi connectivity index (χ2v) is 5.70. The zero-order valence-corrected chi connectivity index (χ0v) is 11.8. The highest BCUT2D eigenvalue weighted by Gasteiger charge is 2.48. The van der Waals surface area contributed by atoms with E-state index in [9.17, 15) is 18.0 Å². The van der Waals surface area contributed by atoms with Gasteiger partial charge in [-0.05, 0) is 19.3 Å². The lowest BCUT2D eigenvalue weighted by Crippen LogP contribution is -2.37. The van der Waals surface area contributed by atoms with Crippen LogP contribution in [0.2, 0.25) is 0 Å². The standard InChI is InChI=1S/C11H16F3N3O2S/c1-2-5-17-9(18)15-16-10(17)20-8(11(12,13)14)7-4-3-6-19-7/h7-8H,2-6H2,1H3,(H,15,18)/t7-,8-/m0/s1. The summed E-state index contributed by atoms with van der Waals surface area (Å²) in [6, 6.07) is 0. The average molecular weight is 311 g/mol. The van der Waals surface area contributed by atoms with E-state index in [-0.39, 0.29) is 5.16 Å². The minimum absolute atomic E-state index is 0.0645. The van der Waals surface area contributed by atoms with Gasteiger partial charge in [-0.1, -0.05) is 18.7 Å². The summed E-state index contributed by atoms with van der Waals surface area (Å²) in [5, 5.41) is 4.26. The van der Waals surface area contributed by atoms with Crippen LogP contribution in [0.3, 0.4) is 0 Å². The fraction of sp³-hybridized carbons (Fsp3) is 0.818.